The molecule has 1 nitrogen and oxygen atoms in total. The molecule has 0 amide bonds. The zero-order chi connectivity index (χ0) is 34.7. The zero-order valence-electron chi connectivity index (χ0n) is 30.9. The molecular formula is C48H49N. The first kappa shape index (κ1) is 31.6. The molecule has 6 aromatic carbocycles. The maximum absolute atomic E-state index is 2.50. The Morgan fingerprint density at radius 2 is 0.878 bits per heavy atom. The van der Waals surface area contributed by atoms with Gasteiger partial charge in [0.15, 0.2) is 0 Å². The molecule has 0 fully saturated rings. The Labute approximate surface area is 293 Å². The first-order valence-electron chi connectivity index (χ1n) is 17.9. The number of anilines is 3. The first-order valence-corrected chi connectivity index (χ1v) is 17.9. The van der Waals surface area contributed by atoms with Crippen molar-refractivity contribution in [3.8, 4) is 22.3 Å². The highest BCUT2D eigenvalue weighted by atomic mass is 15.1. The van der Waals surface area contributed by atoms with E-state index >= 15 is 0 Å². The lowest BCUT2D eigenvalue weighted by Crippen LogP contribution is -2.18. The summed E-state index contributed by atoms with van der Waals surface area (Å²) in [7, 11) is 0. The summed E-state index contributed by atoms with van der Waals surface area (Å²) < 4.78 is 0. The van der Waals surface area contributed by atoms with E-state index in [1.54, 1.807) is 0 Å². The number of fused-ring (bicyclic) bond motifs is 7. The van der Waals surface area contributed by atoms with E-state index in [1.165, 1.54) is 83.5 Å². The highest BCUT2D eigenvalue weighted by molar-refractivity contribution is 5.94. The Morgan fingerprint density at radius 3 is 1.37 bits per heavy atom. The molecule has 2 aliphatic carbocycles. The summed E-state index contributed by atoms with van der Waals surface area (Å²) in [6.07, 6.45) is 0. The number of benzene rings is 6. The normalized spacial score (nSPS) is 15.5. The van der Waals surface area contributed by atoms with Crippen LogP contribution in [0.4, 0.5) is 17.1 Å². The maximum atomic E-state index is 2.50. The molecule has 0 bridgehead atoms. The van der Waals surface area contributed by atoms with Crippen molar-refractivity contribution in [1.82, 2.24) is 0 Å². The summed E-state index contributed by atoms with van der Waals surface area (Å²) in [4.78, 5) is 2.50. The molecule has 0 radical (unpaired) electrons. The van der Waals surface area contributed by atoms with Crippen molar-refractivity contribution in [2.75, 3.05) is 4.90 Å². The third-order valence-electron chi connectivity index (χ3n) is 11.5. The standard InChI is InChI=1S/C48H49N/c1-45(2,3)31-25-30-26-32(19-22-35(30)42(27-31)46(4,5)6)49(33-20-23-38-36-15-11-13-17-40(36)47(7,8)43(38)28-33)34-21-24-39-37-16-12-14-18-41(37)48(9,10)44(39)29-34/h11-29H,1-10H3. The molecule has 0 heterocycles. The van der Waals surface area contributed by atoms with Crippen LogP contribution < -0.4 is 4.90 Å². The van der Waals surface area contributed by atoms with Gasteiger partial charge >= 0.3 is 0 Å². The highest BCUT2D eigenvalue weighted by Gasteiger charge is 2.37. The van der Waals surface area contributed by atoms with Gasteiger partial charge in [-0.25, -0.2) is 0 Å². The van der Waals surface area contributed by atoms with E-state index in [1.807, 2.05) is 0 Å². The van der Waals surface area contributed by atoms with Gasteiger partial charge in [0, 0.05) is 27.9 Å². The first-order chi connectivity index (χ1) is 23.1. The van der Waals surface area contributed by atoms with Crippen molar-refractivity contribution in [3.05, 3.63) is 149 Å². The maximum Gasteiger partial charge on any atom is 0.0468 e. The Hall–Kier alpha value is -4.62. The van der Waals surface area contributed by atoms with Gasteiger partial charge in [-0.1, -0.05) is 148 Å². The van der Waals surface area contributed by atoms with E-state index < -0.39 is 0 Å². The summed E-state index contributed by atoms with van der Waals surface area (Å²) >= 11 is 0. The largest absolute Gasteiger partial charge is 0.310 e. The number of hydrogen-bond acceptors (Lipinski definition) is 1. The fourth-order valence-electron chi connectivity index (χ4n) is 8.66. The van der Waals surface area contributed by atoms with Crippen molar-refractivity contribution >= 4 is 27.8 Å². The lowest BCUT2D eigenvalue weighted by atomic mass is 9.78. The minimum absolute atomic E-state index is 0.0296. The molecule has 246 valence electrons. The molecule has 0 spiro atoms. The minimum atomic E-state index is -0.0816. The van der Waals surface area contributed by atoms with Gasteiger partial charge in [-0.05, 0) is 114 Å². The van der Waals surface area contributed by atoms with E-state index in [4.69, 9.17) is 0 Å². The summed E-state index contributed by atoms with van der Waals surface area (Å²) in [6, 6.07) is 44.2. The van der Waals surface area contributed by atoms with E-state index in [9.17, 15) is 0 Å². The van der Waals surface area contributed by atoms with Crippen LogP contribution in [0.2, 0.25) is 0 Å². The predicted molar refractivity (Wildman–Crippen MR) is 211 cm³/mol. The molecule has 0 unspecified atom stereocenters. The minimum Gasteiger partial charge on any atom is -0.310 e. The molecule has 8 rings (SSSR count). The monoisotopic (exact) mass is 639 g/mol. The van der Waals surface area contributed by atoms with Crippen LogP contribution in [0.15, 0.2) is 115 Å². The van der Waals surface area contributed by atoms with Gasteiger partial charge in [-0.2, -0.15) is 0 Å². The Morgan fingerprint density at radius 1 is 0.429 bits per heavy atom. The van der Waals surface area contributed by atoms with E-state index in [0.29, 0.717) is 0 Å². The molecule has 1 heteroatoms. The fourth-order valence-corrected chi connectivity index (χ4v) is 8.66. The van der Waals surface area contributed by atoms with Crippen molar-refractivity contribution in [1.29, 1.82) is 0 Å². The highest BCUT2D eigenvalue weighted by Crippen LogP contribution is 2.53. The molecule has 0 N–H and O–H groups in total. The Balaban J connectivity index is 1.37. The van der Waals surface area contributed by atoms with Crippen LogP contribution in [0.25, 0.3) is 33.0 Å². The van der Waals surface area contributed by atoms with E-state index in [2.05, 4.69) is 189 Å². The van der Waals surface area contributed by atoms with Crippen LogP contribution in [-0.4, -0.2) is 0 Å². The molecule has 0 aromatic heterocycles. The third kappa shape index (κ3) is 4.80. The molecule has 0 saturated heterocycles. The smallest absolute Gasteiger partial charge is 0.0468 e. The summed E-state index contributed by atoms with van der Waals surface area (Å²) in [5.74, 6) is 0. The molecule has 6 aromatic rings. The number of nitrogens with zero attached hydrogens (tertiary/aromatic N) is 1. The van der Waals surface area contributed by atoms with Gasteiger partial charge in [0.05, 0.1) is 0 Å². The van der Waals surface area contributed by atoms with Gasteiger partial charge in [-0.3, -0.25) is 0 Å². The summed E-state index contributed by atoms with van der Waals surface area (Å²) in [6.45, 7) is 23.5. The Bertz CT molecular complexity index is 2190. The average molecular weight is 640 g/mol. The van der Waals surface area contributed by atoms with E-state index in [0.717, 1.165) is 0 Å². The van der Waals surface area contributed by atoms with Gasteiger partial charge in [-0.15, -0.1) is 0 Å². The topological polar surface area (TPSA) is 3.24 Å². The van der Waals surface area contributed by atoms with Gasteiger partial charge in [0.25, 0.3) is 0 Å². The molecule has 2 aliphatic rings. The van der Waals surface area contributed by atoms with Crippen LogP contribution in [0, 0.1) is 0 Å². The average Bonchev–Trinajstić information content (AvgIpc) is 3.43. The lowest BCUT2D eigenvalue weighted by molar-refractivity contribution is 0.573. The van der Waals surface area contributed by atoms with Crippen LogP contribution in [0.5, 0.6) is 0 Å². The van der Waals surface area contributed by atoms with E-state index in [-0.39, 0.29) is 21.7 Å². The predicted octanol–water partition coefficient (Wildman–Crippen LogP) is 13.5. The second-order valence-electron chi connectivity index (χ2n) is 17.6. The molecule has 0 saturated carbocycles. The van der Waals surface area contributed by atoms with Crippen molar-refractivity contribution in [3.63, 3.8) is 0 Å². The molecular weight excluding hydrogens is 591 g/mol. The molecule has 49 heavy (non-hydrogen) atoms. The lowest BCUT2D eigenvalue weighted by Gasteiger charge is -2.31. The molecule has 0 aliphatic heterocycles. The molecule has 0 atom stereocenters. The summed E-state index contributed by atoms with van der Waals surface area (Å²) in [5, 5.41) is 2.63. The second kappa shape index (κ2) is 10.4. The zero-order valence-corrected chi connectivity index (χ0v) is 30.9. The SMILES string of the molecule is CC(C)(C)c1cc(C(C)(C)C)c2ccc(N(c3ccc4c(c3)C(C)(C)c3ccccc3-4)c3ccc4c(c3)C(C)(C)c3ccccc3-4)cc2c1. The fraction of sp³-hybridized carbons (Fsp3) is 0.292. The van der Waals surface area contributed by atoms with Gasteiger partial charge < -0.3 is 4.90 Å². The number of rotatable bonds is 3. The Kier molecular flexibility index (Phi) is 6.74. The summed E-state index contributed by atoms with van der Waals surface area (Å²) in [5.41, 5.74) is 17.2. The van der Waals surface area contributed by atoms with Crippen molar-refractivity contribution in [2.24, 2.45) is 0 Å². The number of hydrogen-bond donors (Lipinski definition) is 0. The van der Waals surface area contributed by atoms with Crippen LogP contribution in [0.3, 0.4) is 0 Å². The van der Waals surface area contributed by atoms with Crippen LogP contribution >= 0.6 is 0 Å². The van der Waals surface area contributed by atoms with Gasteiger partial charge in [0.2, 0.25) is 0 Å². The quantitative estimate of drug-likeness (QED) is 0.186. The van der Waals surface area contributed by atoms with Gasteiger partial charge in [0.1, 0.15) is 0 Å². The van der Waals surface area contributed by atoms with Crippen LogP contribution in [0.1, 0.15) is 103 Å². The van der Waals surface area contributed by atoms with Crippen LogP contribution in [-0.2, 0) is 21.7 Å². The second-order valence-corrected chi connectivity index (χ2v) is 17.6. The van der Waals surface area contributed by atoms with Crippen molar-refractivity contribution in [2.45, 2.75) is 90.9 Å². The third-order valence-corrected chi connectivity index (χ3v) is 11.5. The van der Waals surface area contributed by atoms with Crippen molar-refractivity contribution < 1.29 is 0 Å².